The average molecular weight is 309 g/mol. The van der Waals surface area contributed by atoms with Gasteiger partial charge in [-0.25, -0.2) is 0 Å². The molecule has 2 aromatic carbocycles. The van der Waals surface area contributed by atoms with E-state index in [-0.39, 0.29) is 5.56 Å². The summed E-state index contributed by atoms with van der Waals surface area (Å²) in [5, 5.41) is 1.38. The molecule has 0 spiro atoms. The summed E-state index contributed by atoms with van der Waals surface area (Å²) in [5.41, 5.74) is 2.89. The van der Waals surface area contributed by atoms with Crippen molar-refractivity contribution in [1.82, 2.24) is 9.55 Å². The zero-order chi connectivity index (χ0) is 15.1. The van der Waals surface area contributed by atoms with Crippen LogP contribution in [0.4, 0.5) is 0 Å². The predicted molar refractivity (Wildman–Crippen MR) is 89.9 cm³/mol. The van der Waals surface area contributed by atoms with Gasteiger partial charge >= 0.3 is 0 Å². The molecule has 0 saturated carbocycles. The van der Waals surface area contributed by atoms with Gasteiger partial charge < -0.3 is 4.57 Å². The summed E-state index contributed by atoms with van der Waals surface area (Å²) in [5.74, 6) is 0.767. The Bertz CT molecular complexity index is 972. The molecule has 2 heterocycles. The molecule has 0 bridgehead atoms. The summed E-state index contributed by atoms with van der Waals surface area (Å²) in [4.78, 5) is 16.5. The van der Waals surface area contributed by atoms with E-state index in [1.54, 1.807) is 0 Å². The summed E-state index contributed by atoms with van der Waals surface area (Å²) in [7, 11) is 0. The number of benzene rings is 2. The molecule has 108 valence electrons. The second kappa shape index (κ2) is 5.11. The first kappa shape index (κ1) is 13.3. The number of hydrogen-bond donors (Lipinski definition) is 0. The number of allylic oxidation sites excluding steroid dienone is 1. The molecule has 0 aliphatic carbocycles. The van der Waals surface area contributed by atoms with E-state index in [9.17, 15) is 4.79 Å². The van der Waals surface area contributed by atoms with Crippen LogP contribution in [0.3, 0.4) is 0 Å². The van der Waals surface area contributed by atoms with Crippen LogP contribution >= 0.6 is 11.6 Å². The van der Waals surface area contributed by atoms with E-state index in [0.29, 0.717) is 10.4 Å². The van der Waals surface area contributed by atoms with Gasteiger partial charge in [-0.3, -0.25) is 4.79 Å². The number of rotatable bonds is 1. The van der Waals surface area contributed by atoms with Gasteiger partial charge in [0.05, 0.1) is 10.9 Å². The maximum Gasteiger partial charge on any atom is 0.281 e. The molecule has 0 amide bonds. The lowest BCUT2D eigenvalue weighted by atomic mass is 10.1. The van der Waals surface area contributed by atoms with Crippen LogP contribution in [0.2, 0.25) is 5.02 Å². The van der Waals surface area contributed by atoms with Crippen molar-refractivity contribution in [3.63, 3.8) is 0 Å². The number of para-hydroxylation sites is 1. The Morgan fingerprint density at radius 3 is 2.86 bits per heavy atom. The maximum atomic E-state index is 12.2. The van der Waals surface area contributed by atoms with Gasteiger partial charge in [0.1, 0.15) is 5.82 Å². The molecule has 4 rings (SSSR count). The van der Waals surface area contributed by atoms with Gasteiger partial charge in [-0.05, 0) is 47.9 Å². The van der Waals surface area contributed by atoms with Gasteiger partial charge in [0.25, 0.3) is 5.56 Å². The van der Waals surface area contributed by atoms with E-state index in [4.69, 9.17) is 11.6 Å². The van der Waals surface area contributed by atoms with Gasteiger partial charge in [-0.1, -0.05) is 35.9 Å². The second-order valence-corrected chi connectivity index (χ2v) is 5.82. The minimum atomic E-state index is -0.166. The normalized spacial score (nSPS) is 15.4. The summed E-state index contributed by atoms with van der Waals surface area (Å²) in [6, 6.07) is 15.3. The molecule has 0 saturated heterocycles. The summed E-state index contributed by atoms with van der Waals surface area (Å²) in [6.45, 7) is 0.843. The monoisotopic (exact) mass is 308 g/mol. The van der Waals surface area contributed by atoms with Crippen molar-refractivity contribution in [1.29, 1.82) is 0 Å². The third-order valence-corrected chi connectivity index (χ3v) is 4.20. The lowest BCUT2D eigenvalue weighted by molar-refractivity contribution is 0.772. The van der Waals surface area contributed by atoms with Crippen molar-refractivity contribution in [3.8, 4) is 0 Å². The van der Waals surface area contributed by atoms with Crippen molar-refractivity contribution in [3.05, 3.63) is 75.3 Å². The molecule has 3 aromatic rings. The first-order valence-electron chi connectivity index (χ1n) is 7.18. The third-order valence-electron chi connectivity index (χ3n) is 3.97. The fourth-order valence-electron chi connectivity index (χ4n) is 2.97. The van der Waals surface area contributed by atoms with Crippen LogP contribution in [0.5, 0.6) is 0 Å². The highest BCUT2D eigenvalue weighted by atomic mass is 35.5. The minimum absolute atomic E-state index is 0.166. The van der Waals surface area contributed by atoms with E-state index in [0.717, 1.165) is 35.4 Å². The minimum Gasteiger partial charge on any atom is -0.325 e. The fraction of sp³-hybridized carbons (Fsp3) is 0.111. The molecule has 0 unspecified atom stereocenters. The molecule has 4 heteroatoms. The average Bonchev–Trinajstić information content (AvgIpc) is 2.91. The van der Waals surface area contributed by atoms with E-state index in [1.807, 2.05) is 48.5 Å². The van der Waals surface area contributed by atoms with Crippen LogP contribution in [0.25, 0.3) is 22.6 Å². The molecule has 22 heavy (non-hydrogen) atoms. The van der Waals surface area contributed by atoms with Crippen molar-refractivity contribution < 1.29 is 0 Å². The lowest BCUT2D eigenvalue weighted by Crippen LogP contribution is -2.14. The van der Waals surface area contributed by atoms with Crippen LogP contribution in [0.1, 0.15) is 17.8 Å². The largest absolute Gasteiger partial charge is 0.325 e. The predicted octanol–water partition coefficient (Wildman–Crippen LogP) is 3.99. The van der Waals surface area contributed by atoms with Gasteiger partial charge in [0.15, 0.2) is 0 Å². The quantitative estimate of drug-likeness (QED) is 0.681. The van der Waals surface area contributed by atoms with Gasteiger partial charge in [-0.15, -0.1) is 0 Å². The number of aromatic nitrogens is 2. The van der Waals surface area contributed by atoms with E-state index >= 15 is 0 Å². The summed E-state index contributed by atoms with van der Waals surface area (Å²) < 4.78 is 2.12. The Kier molecular flexibility index (Phi) is 3.09. The molecular weight excluding hydrogens is 296 g/mol. The van der Waals surface area contributed by atoms with Crippen molar-refractivity contribution in [2.45, 2.75) is 13.0 Å². The molecule has 1 aliphatic rings. The zero-order valence-corrected chi connectivity index (χ0v) is 12.5. The Morgan fingerprint density at radius 2 is 2.00 bits per heavy atom. The van der Waals surface area contributed by atoms with Crippen LogP contribution < -0.4 is 5.56 Å². The van der Waals surface area contributed by atoms with Gasteiger partial charge in [0.2, 0.25) is 0 Å². The zero-order valence-electron chi connectivity index (χ0n) is 11.8. The highest BCUT2D eigenvalue weighted by Gasteiger charge is 2.20. The smallest absolute Gasteiger partial charge is 0.281 e. The van der Waals surface area contributed by atoms with E-state index < -0.39 is 0 Å². The van der Waals surface area contributed by atoms with Crippen molar-refractivity contribution in [2.75, 3.05) is 0 Å². The molecule has 3 nitrogen and oxygen atoms in total. The summed E-state index contributed by atoms with van der Waals surface area (Å²) in [6.07, 6.45) is 2.93. The second-order valence-electron chi connectivity index (χ2n) is 5.38. The first-order chi connectivity index (χ1) is 10.7. The number of hydrogen-bond acceptors (Lipinski definition) is 2. The molecule has 0 fully saturated rings. The molecular formula is C18H13ClN2O. The molecule has 0 atom stereocenters. The number of fused-ring (bicyclic) bond motifs is 3. The lowest BCUT2D eigenvalue weighted by Gasteiger charge is -2.07. The van der Waals surface area contributed by atoms with Crippen LogP contribution in [-0.2, 0) is 6.54 Å². The number of nitrogens with zero attached hydrogens (tertiary/aromatic N) is 2. The molecule has 1 aromatic heterocycles. The molecule has 0 radical (unpaired) electrons. The molecule has 1 aliphatic heterocycles. The number of aryl methyl sites for hydroxylation is 1. The molecule has 0 N–H and O–H groups in total. The number of halogens is 1. The van der Waals surface area contributed by atoms with E-state index in [2.05, 4.69) is 15.6 Å². The SMILES string of the molecule is O=c1nc2n(c3ccccc13)CC/C2=C\c1cccc(Cl)c1. The van der Waals surface area contributed by atoms with Crippen LogP contribution in [-0.4, -0.2) is 9.55 Å². The Hall–Kier alpha value is -2.39. The highest BCUT2D eigenvalue weighted by molar-refractivity contribution is 6.30. The van der Waals surface area contributed by atoms with Gasteiger partial charge in [-0.2, -0.15) is 4.98 Å². The van der Waals surface area contributed by atoms with Crippen LogP contribution in [0.15, 0.2) is 53.3 Å². The Balaban J connectivity index is 1.91. The first-order valence-corrected chi connectivity index (χ1v) is 7.56. The Labute approximate surface area is 132 Å². The fourth-order valence-corrected chi connectivity index (χ4v) is 3.17. The topological polar surface area (TPSA) is 34.9 Å². The van der Waals surface area contributed by atoms with E-state index in [1.165, 1.54) is 0 Å². The Morgan fingerprint density at radius 1 is 1.14 bits per heavy atom. The van der Waals surface area contributed by atoms with Crippen molar-refractivity contribution >= 4 is 34.2 Å². The summed E-state index contributed by atoms with van der Waals surface area (Å²) >= 11 is 6.03. The standard InChI is InChI=1S/C18H13ClN2O/c19-14-5-3-4-12(11-14)10-13-8-9-21-16-7-2-1-6-15(16)18(22)20-17(13)21/h1-7,10-11H,8-9H2/b13-10+. The van der Waals surface area contributed by atoms with Gasteiger partial charge in [0, 0.05) is 11.6 Å². The maximum absolute atomic E-state index is 12.2. The highest BCUT2D eigenvalue weighted by Crippen LogP contribution is 2.29. The van der Waals surface area contributed by atoms with Crippen molar-refractivity contribution in [2.24, 2.45) is 0 Å². The third kappa shape index (κ3) is 2.14. The van der Waals surface area contributed by atoms with Crippen LogP contribution in [0, 0.1) is 0 Å².